The number of nitrogens with one attached hydrogen (secondary N) is 1. The van der Waals surface area contributed by atoms with Gasteiger partial charge in [-0.25, -0.2) is 0 Å². The first-order valence-electron chi connectivity index (χ1n) is 8.33. The fourth-order valence-corrected chi connectivity index (χ4v) is 3.96. The van der Waals surface area contributed by atoms with E-state index in [1.807, 2.05) is 54.6 Å². The second-order valence-corrected chi connectivity index (χ2v) is 7.54. The summed E-state index contributed by atoms with van der Waals surface area (Å²) in [5.41, 5.74) is 3.94. The minimum Gasteiger partial charge on any atom is -0.487 e. The van der Waals surface area contributed by atoms with Gasteiger partial charge >= 0.3 is 0 Å². The van der Waals surface area contributed by atoms with Crippen LogP contribution >= 0.6 is 34.8 Å². The van der Waals surface area contributed by atoms with E-state index in [1.165, 1.54) is 0 Å². The molecule has 0 saturated carbocycles. The molecule has 0 fully saturated rings. The van der Waals surface area contributed by atoms with Crippen LogP contribution in [0.3, 0.4) is 0 Å². The summed E-state index contributed by atoms with van der Waals surface area (Å²) in [6, 6.07) is 19.4. The topological polar surface area (TPSA) is 21.3 Å². The predicted octanol–water partition coefficient (Wildman–Crippen LogP) is 6.73. The lowest BCUT2D eigenvalue weighted by Crippen LogP contribution is -2.23. The van der Waals surface area contributed by atoms with Crippen molar-refractivity contribution in [3.05, 3.63) is 81.3 Å². The second-order valence-electron chi connectivity index (χ2n) is 6.26. The minimum absolute atomic E-state index is 0.0356. The van der Waals surface area contributed by atoms with Gasteiger partial charge in [0.05, 0.1) is 11.6 Å². The molecular weight excluding hydrogens is 389 g/mol. The Morgan fingerprint density at radius 3 is 2.46 bits per heavy atom. The van der Waals surface area contributed by atoms with Gasteiger partial charge in [-0.3, -0.25) is 0 Å². The number of halogens is 3. The van der Waals surface area contributed by atoms with E-state index in [9.17, 15) is 0 Å². The summed E-state index contributed by atoms with van der Waals surface area (Å²) in [7, 11) is 0. The van der Waals surface area contributed by atoms with E-state index in [-0.39, 0.29) is 6.10 Å². The SMILES string of the molecule is Clc1ccc(-c2cc(Cl)cc3c2OC(CNc2ccccc2)C3)c(Cl)c1. The Balaban J connectivity index is 1.60. The van der Waals surface area contributed by atoms with Crippen molar-refractivity contribution < 1.29 is 4.74 Å². The molecule has 0 spiro atoms. The molecule has 0 aliphatic carbocycles. The summed E-state index contributed by atoms with van der Waals surface area (Å²) < 4.78 is 6.24. The number of fused-ring (bicyclic) bond motifs is 1. The number of hydrogen-bond acceptors (Lipinski definition) is 2. The van der Waals surface area contributed by atoms with Gasteiger partial charge in [-0.2, -0.15) is 0 Å². The van der Waals surface area contributed by atoms with Gasteiger partial charge in [-0.05, 0) is 36.4 Å². The smallest absolute Gasteiger partial charge is 0.131 e. The van der Waals surface area contributed by atoms with Gasteiger partial charge in [-0.1, -0.05) is 59.1 Å². The van der Waals surface area contributed by atoms with Crippen LogP contribution in [0.15, 0.2) is 60.7 Å². The van der Waals surface area contributed by atoms with Crippen LogP contribution in [0.4, 0.5) is 5.69 Å². The van der Waals surface area contributed by atoms with Crippen molar-refractivity contribution in [3.8, 4) is 16.9 Å². The predicted molar refractivity (Wildman–Crippen MR) is 110 cm³/mol. The zero-order valence-electron chi connectivity index (χ0n) is 13.8. The number of rotatable bonds is 4. The molecule has 1 atom stereocenters. The van der Waals surface area contributed by atoms with Crippen LogP contribution in [-0.4, -0.2) is 12.6 Å². The van der Waals surface area contributed by atoms with Crippen LogP contribution in [0, 0.1) is 0 Å². The lowest BCUT2D eigenvalue weighted by Gasteiger charge is -2.15. The molecule has 0 amide bonds. The van der Waals surface area contributed by atoms with Crippen molar-refractivity contribution in [1.82, 2.24) is 0 Å². The normalized spacial score (nSPS) is 15.4. The van der Waals surface area contributed by atoms with Gasteiger partial charge < -0.3 is 10.1 Å². The van der Waals surface area contributed by atoms with E-state index >= 15 is 0 Å². The summed E-state index contributed by atoms with van der Waals surface area (Å²) in [5.74, 6) is 0.846. The highest BCUT2D eigenvalue weighted by Gasteiger charge is 2.27. The molecule has 1 unspecified atom stereocenters. The van der Waals surface area contributed by atoms with Gasteiger partial charge in [0.1, 0.15) is 11.9 Å². The third kappa shape index (κ3) is 3.64. The first-order chi connectivity index (χ1) is 12.6. The fourth-order valence-electron chi connectivity index (χ4n) is 3.20. The highest BCUT2D eigenvalue weighted by Crippen LogP contribution is 2.43. The summed E-state index contributed by atoms with van der Waals surface area (Å²) in [6.07, 6.45) is 0.835. The average molecular weight is 405 g/mol. The Labute approximate surface area is 167 Å². The van der Waals surface area contributed by atoms with Crippen LogP contribution in [0.2, 0.25) is 15.1 Å². The zero-order valence-corrected chi connectivity index (χ0v) is 16.1. The van der Waals surface area contributed by atoms with Crippen molar-refractivity contribution >= 4 is 40.5 Å². The Bertz CT molecular complexity index is 943. The van der Waals surface area contributed by atoms with Crippen molar-refractivity contribution in [1.29, 1.82) is 0 Å². The molecule has 0 bridgehead atoms. The van der Waals surface area contributed by atoms with E-state index in [4.69, 9.17) is 39.5 Å². The minimum atomic E-state index is 0.0356. The van der Waals surface area contributed by atoms with Gasteiger partial charge in [0.25, 0.3) is 0 Å². The summed E-state index contributed by atoms with van der Waals surface area (Å²) >= 11 is 18.8. The molecule has 0 saturated heterocycles. The van der Waals surface area contributed by atoms with E-state index in [2.05, 4.69) is 5.32 Å². The maximum atomic E-state index is 6.40. The lowest BCUT2D eigenvalue weighted by molar-refractivity contribution is 0.247. The number of para-hydroxylation sites is 1. The summed E-state index contributed by atoms with van der Waals surface area (Å²) in [5, 5.41) is 5.26. The van der Waals surface area contributed by atoms with E-state index in [0.717, 1.165) is 34.5 Å². The molecule has 0 radical (unpaired) electrons. The van der Waals surface area contributed by atoms with Gasteiger partial charge in [-0.15, -0.1) is 0 Å². The molecule has 3 aromatic rings. The van der Waals surface area contributed by atoms with Gasteiger partial charge in [0.2, 0.25) is 0 Å². The molecule has 1 heterocycles. The van der Waals surface area contributed by atoms with Crippen molar-refractivity contribution in [3.63, 3.8) is 0 Å². The first kappa shape index (κ1) is 17.5. The Morgan fingerprint density at radius 2 is 1.69 bits per heavy atom. The van der Waals surface area contributed by atoms with E-state index in [1.54, 1.807) is 6.07 Å². The fraction of sp³-hybridized carbons (Fsp3) is 0.143. The maximum Gasteiger partial charge on any atom is 0.131 e. The summed E-state index contributed by atoms with van der Waals surface area (Å²) in [6.45, 7) is 0.712. The zero-order chi connectivity index (χ0) is 18.1. The van der Waals surface area contributed by atoms with E-state index < -0.39 is 0 Å². The third-order valence-corrected chi connectivity index (χ3v) is 5.16. The van der Waals surface area contributed by atoms with Crippen LogP contribution in [-0.2, 0) is 6.42 Å². The number of benzene rings is 3. The second kappa shape index (κ2) is 7.40. The lowest BCUT2D eigenvalue weighted by atomic mass is 10.0. The molecule has 1 N–H and O–H groups in total. The first-order valence-corrected chi connectivity index (χ1v) is 9.47. The van der Waals surface area contributed by atoms with Crippen molar-refractivity contribution in [2.45, 2.75) is 12.5 Å². The van der Waals surface area contributed by atoms with Crippen molar-refractivity contribution in [2.24, 2.45) is 0 Å². The highest BCUT2D eigenvalue weighted by molar-refractivity contribution is 6.36. The molecule has 132 valence electrons. The Hall–Kier alpha value is -1.87. The Kier molecular flexibility index (Phi) is 4.99. The van der Waals surface area contributed by atoms with Crippen LogP contribution in [0.5, 0.6) is 5.75 Å². The molecule has 2 nitrogen and oxygen atoms in total. The average Bonchev–Trinajstić information content (AvgIpc) is 3.03. The van der Waals surface area contributed by atoms with Crippen molar-refractivity contribution in [2.75, 3.05) is 11.9 Å². The van der Waals surface area contributed by atoms with Crippen LogP contribution < -0.4 is 10.1 Å². The van der Waals surface area contributed by atoms with Crippen LogP contribution in [0.1, 0.15) is 5.56 Å². The maximum absolute atomic E-state index is 6.40. The highest BCUT2D eigenvalue weighted by atomic mass is 35.5. The third-order valence-electron chi connectivity index (χ3n) is 4.39. The molecule has 5 heteroatoms. The van der Waals surface area contributed by atoms with Gasteiger partial charge in [0.15, 0.2) is 0 Å². The molecule has 26 heavy (non-hydrogen) atoms. The molecule has 1 aliphatic heterocycles. The van der Waals surface area contributed by atoms with Gasteiger partial charge in [0, 0.05) is 38.8 Å². The quantitative estimate of drug-likeness (QED) is 0.520. The van der Waals surface area contributed by atoms with E-state index in [0.29, 0.717) is 21.6 Å². The molecule has 0 aromatic heterocycles. The molecule has 4 rings (SSSR count). The standard InChI is InChI=1S/C21H16Cl3NO/c22-14-6-7-18(20(24)11-14)19-10-15(23)8-13-9-17(26-21(13)19)12-25-16-4-2-1-3-5-16/h1-8,10-11,17,25H,9,12H2. The largest absolute Gasteiger partial charge is 0.487 e. The number of ether oxygens (including phenoxy) is 1. The monoisotopic (exact) mass is 403 g/mol. The number of anilines is 1. The number of hydrogen-bond donors (Lipinski definition) is 1. The molecule has 3 aromatic carbocycles. The molecular formula is C21H16Cl3NO. The van der Waals surface area contributed by atoms with Crippen LogP contribution in [0.25, 0.3) is 11.1 Å². The Morgan fingerprint density at radius 1 is 0.885 bits per heavy atom. The molecule has 1 aliphatic rings. The summed E-state index contributed by atoms with van der Waals surface area (Å²) in [4.78, 5) is 0.